The number of anilines is 1. The van der Waals surface area contributed by atoms with Crippen LogP contribution in [0.15, 0.2) is 30.3 Å². The monoisotopic (exact) mass is 289 g/mol. The van der Waals surface area contributed by atoms with Crippen LogP contribution in [0.3, 0.4) is 0 Å². The van der Waals surface area contributed by atoms with Crippen LogP contribution in [0.1, 0.15) is 38.5 Å². The molecule has 116 valence electrons. The van der Waals surface area contributed by atoms with Crippen LogP contribution in [0.4, 0.5) is 5.69 Å². The third kappa shape index (κ3) is 5.48. The van der Waals surface area contributed by atoms with Crippen molar-refractivity contribution in [2.75, 3.05) is 25.0 Å². The van der Waals surface area contributed by atoms with E-state index >= 15 is 0 Å². The number of carbonyl (C=O) groups excluding carboxylic acids is 1. The fourth-order valence-electron chi connectivity index (χ4n) is 3.04. The van der Waals surface area contributed by atoms with E-state index in [1.807, 2.05) is 30.3 Å². The summed E-state index contributed by atoms with van der Waals surface area (Å²) in [5, 5.41) is 2.98. The highest BCUT2D eigenvalue weighted by Gasteiger charge is 2.22. The minimum atomic E-state index is 0.0730. The van der Waals surface area contributed by atoms with Crippen LogP contribution < -0.4 is 11.1 Å². The summed E-state index contributed by atoms with van der Waals surface area (Å²) >= 11 is 0. The summed E-state index contributed by atoms with van der Waals surface area (Å²) in [6.07, 6.45) is 7.27. The highest BCUT2D eigenvalue weighted by Crippen LogP contribution is 2.22. The average molecular weight is 289 g/mol. The molecule has 3 N–H and O–H groups in total. The van der Waals surface area contributed by atoms with E-state index in [-0.39, 0.29) is 5.91 Å². The third-order valence-corrected chi connectivity index (χ3v) is 4.14. The number of rotatable bonds is 7. The van der Waals surface area contributed by atoms with Crippen LogP contribution in [0.2, 0.25) is 0 Å². The van der Waals surface area contributed by atoms with E-state index in [4.69, 9.17) is 5.73 Å². The lowest BCUT2D eigenvalue weighted by Crippen LogP contribution is -2.42. The number of hydrogen-bond acceptors (Lipinski definition) is 3. The van der Waals surface area contributed by atoms with E-state index < -0.39 is 0 Å². The second-order valence-corrected chi connectivity index (χ2v) is 5.82. The highest BCUT2D eigenvalue weighted by atomic mass is 16.2. The van der Waals surface area contributed by atoms with Gasteiger partial charge in [-0.05, 0) is 37.9 Å². The van der Waals surface area contributed by atoms with Crippen molar-refractivity contribution < 1.29 is 4.79 Å². The van der Waals surface area contributed by atoms with Gasteiger partial charge >= 0.3 is 0 Å². The van der Waals surface area contributed by atoms with Crippen molar-refractivity contribution in [2.24, 2.45) is 5.73 Å². The molecule has 1 aromatic rings. The lowest BCUT2D eigenvalue weighted by Gasteiger charge is -2.33. The van der Waals surface area contributed by atoms with E-state index in [1.54, 1.807) is 0 Å². The first kappa shape index (κ1) is 16.0. The average Bonchev–Trinajstić information content (AvgIpc) is 2.53. The molecular weight excluding hydrogens is 262 g/mol. The second kappa shape index (κ2) is 8.80. The largest absolute Gasteiger partial charge is 0.330 e. The van der Waals surface area contributed by atoms with Crippen LogP contribution in [0, 0.1) is 0 Å². The van der Waals surface area contributed by atoms with E-state index in [0.717, 1.165) is 18.7 Å². The zero-order valence-electron chi connectivity index (χ0n) is 12.8. The molecule has 1 aromatic carbocycles. The van der Waals surface area contributed by atoms with Crippen LogP contribution in [-0.4, -0.2) is 36.5 Å². The molecule has 4 nitrogen and oxygen atoms in total. The maximum Gasteiger partial charge on any atom is 0.238 e. The molecule has 0 aromatic heterocycles. The molecule has 1 aliphatic carbocycles. The minimum Gasteiger partial charge on any atom is -0.330 e. The maximum atomic E-state index is 12.2. The molecule has 0 heterocycles. The molecular formula is C17H27N3O. The summed E-state index contributed by atoms with van der Waals surface area (Å²) in [4.78, 5) is 14.6. The summed E-state index contributed by atoms with van der Waals surface area (Å²) in [7, 11) is 0. The molecule has 1 fully saturated rings. The van der Waals surface area contributed by atoms with Gasteiger partial charge in [0.15, 0.2) is 0 Å². The highest BCUT2D eigenvalue weighted by molar-refractivity contribution is 5.92. The third-order valence-electron chi connectivity index (χ3n) is 4.14. The van der Waals surface area contributed by atoms with Gasteiger partial charge in [0.25, 0.3) is 0 Å². The first-order valence-corrected chi connectivity index (χ1v) is 8.08. The number of amides is 1. The number of para-hydroxylation sites is 1. The predicted octanol–water partition coefficient (Wildman–Crippen LogP) is 2.61. The quantitative estimate of drug-likeness (QED) is 0.811. The summed E-state index contributed by atoms with van der Waals surface area (Å²) in [5.41, 5.74) is 6.50. The van der Waals surface area contributed by atoms with Gasteiger partial charge in [0.2, 0.25) is 5.91 Å². The molecule has 0 atom stereocenters. The normalized spacial score (nSPS) is 16.1. The Morgan fingerprint density at radius 2 is 1.90 bits per heavy atom. The zero-order valence-corrected chi connectivity index (χ0v) is 12.8. The summed E-state index contributed by atoms with van der Waals surface area (Å²) < 4.78 is 0. The molecule has 4 heteroatoms. The van der Waals surface area contributed by atoms with Crippen LogP contribution >= 0.6 is 0 Å². The summed E-state index contributed by atoms with van der Waals surface area (Å²) in [5.74, 6) is 0.0730. The van der Waals surface area contributed by atoms with Gasteiger partial charge in [-0.25, -0.2) is 0 Å². The van der Waals surface area contributed by atoms with E-state index in [9.17, 15) is 4.79 Å². The maximum absolute atomic E-state index is 12.2. The molecule has 0 aliphatic heterocycles. The van der Waals surface area contributed by atoms with Crippen molar-refractivity contribution in [1.82, 2.24) is 4.90 Å². The molecule has 0 unspecified atom stereocenters. The Morgan fingerprint density at radius 1 is 1.19 bits per heavy atom. The van der Waals surface area contributed by atoms with Gasteiger partial charge < -0.3 is 11.1 Å². The molecule has 1 saturated carbocycles. The molecule has 2 rings (SSSR count). The Labute approximate surface area is 127 Å². The van der Waals surface area contributed by atoms with E-state index in [0.29, 0.717) is 19.1 Å². The summed E-state index contributed by atoms with van der Waals surface area (Å²) in [6.45, 7) is 2.08. The molecule has 0 saturated heterocycles. The second-order valence-electron chi connectivity index (χ2n) is 5.82. The fourth-order valence-corrected chi connectivity index (χ4v) is 3.04. The smallest absolute Gasteiger partial charge is 0.238 e. The number of nitrogens with one attached hydrogen (secondary N) is 1. The molecule has 0 radical (unpaired) electrons. The number of benzene rings is 1. The van der Waals surface area contributed by atoms with Gasteiger partial charge in [-0.3, -0.25) is 9.69 Å². The lowest BCUT2D eigenvalue weighted by molar-refractivity contribution is -0.118. The van der Waals surface area contributed by atoms with Gasteiger partial charge in [0.1, 0.15) is 0 Å². The number of nitrogens with zero attached hydrogens (tertiary/aromatic N) is 1. The van der Waals surface area contributed by atoms with Crippen LogP contribution in [-0.2, 0) is 4.79 Å². The van der Waals surface area contributed by atoms with Crippen molar-refractivity contribution in [3.8, 4) is 0 Å². The van der Waals surface area contributed by atoms with Crippen LogP contribution in [0.25, 0.3) is 0 Å². The molecule has 1 amide bonds. The zero-order chi connectivity index (χ0) is 14.9. The standard InChI is InChI=1S/C17H27N3O/c18-12-7-13-20(16-10-5-2-6-11-16)14-17(21)19-15-8-3-1-4-9-15/h1,3-4,8-9,16H,2,5-7,10-14,18H2,(H,19,21). The van der Waals surface area contributed by atoms with Crippen molar-refractivity contribution in [3.05, 3.63) is 30.3 Å². The first-order valence-electron chi connectivity index (χ1n) is 8.08. The Hall–Kier alpha value is -1.39. The number of hydrogen-bond donors (Lipinski definition) is 2. The Kier molecular flexibility index (Phi) is 6.70. The van der Waals surface area contributed by atoms with Gasteiger partial charge in [-0.1, -0.05) is 37.5 Å². The first-order chi connectivity index (χ1) is 10.3. The van der Waals surface area contributed by atoms with Gasteiger partial charge in [0.05, 0.1) is 6.54 Å². The Bertz CT molecular complexity index is 415. The number of carbonyl (C=O) groups is 1. The predicted molar refractivity (Wildman–Crippen MR) is 87.2 cm³/mol. The van der Waals surface area contributed by atoms with Crippen molar-refractivity contribution in [3.63, 3.8) is 0 Å². The van der Waals surface area contributed by atoms with E-state index in [2.05, 4.69) is 10.2 Å². The minimum absolute atomic E-state index is 0.0730. The lowest BCUT2D eigenvalue weighted by atomic mass is 9.94. The topological polar surface area (TPSA) is 58.4 Å². The van der Waals surface area contributed by atoms with E-state index in [1.165, 1.54) is 32.1 Å². The van der Waals surface area contributed by atoms with Crippen molar-refractivity contribution >= 4 is 11.6 Å². The van der Waals surface area contributed by atoms with Gasteiger partial charge in [-0.2, -0.15) is 0 Å². The van der Waals surface area contributed by atoms with Gasteiger partial charge in [-0.15, -0.1) is 0 Å². The van der Waals surface area contributed by atoms with Crippen LogP contribution in [0.5, 0.6) is 0 Å². The fraction of sp³-hybridized carbons (Fsp3) is 0.588. The van der Waals surface area contributed by atoms with Gasteiger partial charge in [0, 0.05) is 18.3 Å². The Balaban J connectivity index is 1.88. The molecule has 0 bridgehead atoms. The van der Waals surface area contributed by atoms with Crippen molar-refractivity contribution in [1.29, 1.82) is 0 Å². The molecule has 0 spiro atoms. The molecule has 1 aliphatic rings. The SMILES string of the molecule is NCCCN(CC(=O)Nc1ccccc1)C1CCCCC1. The Morgan fingerprint density at radius 3 is 2.57 bits per heavy atom. The summed E-state index contributed by atoms with van der Waals surface area (Å²) in [6, 6.07) is 10.2. The van der Waals surface area contributed by atoms with Crippen molar-refractivity contribution in [2.45, 2.75) is 44.6 Å². The molecule has 21 heavy (non-hydrogen) atoms. The number of nitrogens with two attached hydrogens (primary N) is 1.